The quantitative estimate of drug-likeness (QED) is 0.0680. The van der Waals surface area contributed by atoms with Gasteiger partial charge in [-0.15, -0.1) is 0 Å². The van der Waals surface area contributed by atoms with Crippen LogP contribution in [0.1, 0.15) is 113 Å². The number of aliphatic hydroxyl groups excluding tert-OH is 12. The molecule has 4 saturated carbocycles. The summed E-state index contributed by atoms with van der Waals surface area (Å²) in [4.78, 5) is 14.8. The van der Waals surface area contributed by atoms with Gasteiger partial charge in [0.2, 0.25) is 6.29 Å². The Morgan fingerprint density at radius 3 is 1.81 bits per heavy atom. The average Bonchev–Trinajstić information content (AvgIpc) is 3.38. The molecule has 4 heterocycles. The van der Waals surface area contributed by atoms with Gasteiger partial charge in [0.05, 0.1) is 43.0 Å². The summed E-state index contributed by atoms with van der Waals surface area (Å²) in [7, 11) is 0. The summed E-state index contributed by atoms with van der Waals surface area (Å²) < 4.78 is 48.8. The topological polar surface area (TPSA) is 354 Å². The van der Waals surface area contributed by atoms with E-state index >= 15 is 0 Å². The smallest absolute Gasteiger partial charge is 0.315 e. The highest BCUT2D eigenvalue weighted by Gasteiger charge is 2.72. The zero-order valence-electron chi connectivity index (χ0n) is 44.4. The molecular weight excluding hydrogens is 989 g/mol. The van der Waals surface area contributed by atoms with Gasteiger partial charge >= 0.3 is 5.97 Å². The second-order valence-corrected chi connectivity index (χ2v) is 25.5. The van der Waals surface area contributed by atoms with Crippen molar-refractivity contribution in [2.24, 2.45) is 50.7 Å². The van der Waals surface area contributed by atoms with Crippen molar-refractivity contribution in [2.75, 3.05) is 19.8 Å². The number of carbonyl (C=O) groups excluding carboxylic acids is 1. The Morgan fingerprint density at radius 2 is 1.19 bits per heavy atom. The van der Waals surface area contributed by atoms with Crippen LogP contribution < -0.4 is 0 Å². The fourth-order valence-electron chi connectivity index (χ4n) is 16.4. The van der Waals surface area contributed by atoms with Gasteiger partial charge in [-0.25, -0.2) is 0 Å². The molecule has 5 aliphatic carbocycles. The highest BCUT2D eigenvalue weighted by molar-refractivity contribution is 5.79. The predicted octanol–water partition coefficient (Wildman–Crippen LogP) is -1.40. The Hall–Kier alpha value is -1.59. The monoisotopic (exact) mass is 1070 g/mol. The first kappa shape index (κ1) is 58.1. The number of allylic oxidation sites excluding steroid dienone is 1. The zero-order valence-corrected chi connectivity index (χ0v) is 44.4. The number of hydrogen-bond acceptors (Lipinski definition) is 22. The third-order valence-corrected chi connectivity index (χ3v) is 21.4. The third-order valence-electron chi connectivity index (χ3n) is 21.4. The van der Waals surface area contributed by atoms with E-state index in [0.29, 0.717) is 38.5 Å². The summed E-state index contributed by atoms with van der Waals surface area (Å²) in [5.41, 5.74) is -3.15. The predicted molar refractivity (Wildman–Crippen MR) is 257 cm³/mol. The van der Waals surface area contributed by atoms with Gasteiger partial charge in [-0.05, 0) is 111 Å². The molecule has 22 heteroatoms. The second-order valence-electron chi connectivity index (χ2n) is 25.5. The number of esters is 1. The standard InChI is InChI=1S/C53H86O22/c1-22-11-16-53(47(66)75-45-39(65)36(62)33(59)27(20-55)71-45)18-17-50(6)24(42(53)52(22,8)67)9-10-29-49(5)14-13-30(48(3,4)28(49)12-15-51(29,50)7)72-46-41(74-43-37(63)34(60)31(57)23(2)69-43)40(25(56)21-68-46)73-44-38(64)35(61)32(58)26(19-54)70-44/h9,22-23,25-46,54-65,67H,10-21H2,1-8H3/t22-,23+,25-,26+,27+,28-,29+,30-,31+,32+,33+,34-,35-,36-,37-,38+,39+,40-,41+,42+,43-,44-,45-,46-,49-,50+,51+,52+,53-/m0/s1. The first-order valence-corrected chi connectivity index (χ1v) is 27.3. The molecule has 0 amide bonds. The van der Waals surface area contributed by atoms with Crippen molar-refractivity contribution in [3.05, 3.63) is 11.6 Å². The van der Waals surface area contributed by atoms with Crippen molar-refractivity contribution in [2.45, 2.75) is 242 Å². The van der Waals surface area contributed by atoms with E-state index in [1.165, 1.54) is 6.92 Å². The van der Waals surface area contributed by atoms with Crippen LogP contribution in [0.3, 0.4) is 0 Å². The minimum absolute atomic E-state index is 0.0741. The van der Waals surface area contributed by atoms with Crippen molar-refractivity contribution >= 4 is 5.97 Å². The average molecular weight is 1080 g/mol. The molecule has 4 aliphatic heterocycles. The fraction of sp³-hybridized carbons (Fsp3) is 0.943. The van der Waals surface area contributed by atoms with Crippen LogP contribution in [0.4, 0.5) is 0 Å². The lowest BCUT2D eigenvalue weighted by Gasteiger charge is -2.72. The second kappa shape index (κ2) is 20.7. The van der Waals surface area contributed by atoms with Crippen molar-refractivity contribution in [3.8, 4) is 0 Å². The van der Waals surface area contributed by atoms with Crippen molar-refractivity contribution in [1.82, 2.24) is 0 Å². The lowest BCUT2D eigenvalue weighted by atomic mass is 9.33. The molecular formula is C53H86O22. The Bertz CT molecular complexity index is 2070. The van der Waals surface area contributed by atoms with Crippen molar-refractivity contribution < 1.29 is 109 Å². The molecule has 75 heavy (non-hydrogen) atoms. The molecule has 0 bridgehead atoms. The van der Waals surface area contributed by atoms with Gasteiger partial charge in [0.15, 0.2) is 18.9 Å². The molecule has 0 radical (unpaired) electrons. The van der Waals surface area contributed by atoms with E-state index in [0.717, 1.165) is 24.8 Å². The summed E-state index contributed by atoms with van der Waals surface area (Å²) in [6, 6.07) is 0. The molecule has 29 atom stereocenters. The molecule has 9 rings (SSSR count). The van der Waals surface area contributed by atoms with Gasteiger partial charge in [0, 0.05) is 5.92 Å². The minimum atomic E-state index is -1.84. The molecule has 430 valence electrons. The molecule has 0 aromatic carbocycles. The van der Waals surface area contributed by atoms with Crippen LogP contribution in [0.25, 0.3) is 0 Å². The number of fused-ring (bicyclic) bond motifs is 7. The van der Waals surface area contributed by atoms with Crippen LogP contribution in [-0.2, 0) is 42.7 Å². The van der Waals surface area contributed by atoms with Crippen LogP contribution in [-0.4, -0.2) is 221 Å². The summed E-state index contributed by atoms with van der Waals surface area (Å²) in [5.74, 6) is -1.31. The summed E-state index contributed by atoms with van der Waals surface area (Å²) >= 11 is 0. The summed E-state index contributed by atoms with van der Waals surface area (Å²) in [6.45, 7) is 14.8. The highest BCUT2D eigenvalue weighted by Crippen LogP contribution is 2.76. The van der Waals surface area contributed by atoms with Gasteiger partial charge < -0.3 is 104 Å². The molecule has 22 nitrogen and oxygen atoms in total. The molecule has 0 aromatic rings. The first-order chi connectivity index (χ1) is 35.0. The van der Waals surface area contributed by atoms with Gasteiger partial charge in [0.25, 0.3) is 0 Å². The Morgan fingerprint density at radius 1 is 0.613 bits per heavy atom. The molecule has 0 aromatic heterocycles. The van der Waals surface area contributed by atoms with E-state index in [1.807, 2.05) is 6.92 Å². The Kier molecular flexibility index (Phi) is 16.1. The van der Waals surface area contributed by atoms with E-state index in [9.17, 15) is 71.2 Å². The minimum Gasteiger partial charge on any atom is -0.432 e. The zero-order chi connectivity index (χ0) is 54.9. The van der Waals surface area contributed by atoms with E-state index in [4.69, 9.17) is 37.9 Å². The first-order valence-electron chi connectivity index (χ1n) is 27.3. The SMILES string of the molecule is C[C@H]1O[C@@H](O[C@H]2[C@H](O[C@H]3CC[C@]4(C)[C@H]5CC=C6[C@H]7[C@](C(=O)O[C@@H]8O[C@H](CO)[C@@H](O)[C@H](O)[C@H]8O)(CC[C@H](C)[C@@]7(C)O)CC[C@@]6(C)[C@]5(C)CC[C@H]4C3(C)C)OC[C@H](O)[C@@H]2O[C@@H]2O[C@H](CO)[C@@H](O)[C@H](O)[C@H]2O)[C@@H](O)[C@@H](O)[C@@H]1O. The lowest BCUT2D eigenvalue weighted by Crippen LogP contribution is -2.68. The molecule has 0 spiro atoms. The fourth-order valence-corrected chi connectivity index (χ4v) is 16.4. The van der Waals surface area contributed by atoms with Gasteiger partial charge in [0.1, 0.15) is 85.5 Å². The van der Waals surface area contributed by atoms with Crippen LogP contribution >= 0.6 is 0 Å². The molecule has 8 fully saturated rings. The normalized spacial score (nSPS) is 55.8. The maximum atomic E-state index is 14.8. The van der Waals surface area contributed by atoms with Crippen LogP contribution in [0.15, 0.2) is 11.6 Å². The third kappa shape index (κ3) is 9.12. The van der Waals surface area contributed by atoms with Gasteiger partial charge in [-0.3, -0.25) is 4.79 Å². The number of hydrogen-bond donors (Lipinski definition) is 13. The van der Waals surface area contributed by atoms with Gasteiger partial charge in [-0.2, -0.15) is 0 Å². The molecule has 0 unspecified atom stereocenters. The number of aliphatic hydroxyl groups is 13. The summed E-state index contributed by atoms with van der Waals surface area (Å²) in [5, 5.41) is 140. The lowest BCUT2D eigenvalue weighted by molar-refractivity contribution is -0.388. The van der Waals surface area contributed by atoms with E-state index in [2.05, 4.69) is 40.7 Å². The van der Waals surface area contributed by atoms with Crippen molar-refractivity contribution in [1.29, 1.82) is 0 Å². The van der Waals surface area contributed by atoms with E-state index in [-0.39, 0.29) is 35.2 Å². The molecule has 4 saturated heterocycles. The van der Waals surface area contributed by atoms with E-state index in [1.54, 1.807) is 6.92 Å². The van der Waals surface area contributed by atoms with E-state index < -0.39 is 170 Å². The van der Waals surface area contributed by atoms with Crippen LogP contribution in [0, 0.1) is 50.7 Å². The Labute approximate surface area is 437 Å². The number of carbonyl (C=O) groups is 1. The van der Waals surface area contributed by atoms with Crippen molar-refractivity contribution in [3.63, 3.8) is 0 Å². The largest absolute Gasteiger partial charge is 0.432 e. The number of rotatable bonds is 10. The summed E-state index contributed by atoms with van der Waals surface area (Å²) in [6.07, 6.45) is -22.6. The van der Waals surface area contributed by atoms with Gasteiger partial charge in [-0.1, -0.05) is 53.2 Å². The van der Waals surface area contributed by atoms with Crippen LogP contribution in [0.5, 0.6) is 0 Å². The highest BCUT2D eigenvalue weighted by atomic mass is 16.8. The maximum Gasteiger partial charge on any atom is 0.315 e. The van der Waals surface area contributed by atoms with Crippen LogP contribution in [0.2, 0.25) is 0 Å². The molecule has 9 aliphatic rings. The maximum absolute atomic E-state index is 14.8. The number of ether oxygens (including phenoxy) is 8. The Balaban J connectivity index is 0.986. The molecule has 13 N–H and O–H groups in total.